The number of hydrogen-bond acceptors (Lipinski definition) is 2. The Morgan fingerprint density at radius 3 is 2.87 bits per heavy atom. The van der Waals surface area contributed by atoms with E-state index >= 15 is 0 Å². The molecule has 2 N–H and O–H groups in total. The van der Waals surface area contributed by atoms with Crippen molar-refractivity contribution in [2.75, 3.05) is 13.1 Å². The Hall–Kier alpha value is -0.860. The van der Waals surface area contributed by atoms with Gasteiger partial charge in [-0.25, -0.2) is 0 Å². The zero-order valence-electron chi connectivity index (χ0n) is 9.37. The summed E-state index contributed by atoms with van der Waals surface area (Å²) in [5.41, 5.74) is 1.41. The molecule has 0 aromatic heterocycles. The zero-order chi connectivity index (χ0) is 10.5. The van der Waals surface area contributed by atoms with Crippen molar-refractivity contribution in [3.05, 3.63) is 35.9 Å². The number of likely N-dealkylation sites (N-methyl/N-ethyl adjacent to an activating group) is 1. The molecule has 1 aliphatic rings. The first-order valence-corrected chi connectivity index (χ1v) is 5.93. The quantitative estimate of drug-likeness (QED) is 0.788. The highest BCUT2D eigenvalue weighted by atomic mass is 15.0. The molecular formula is C13H20N2. The van der Waals surface area contributed by atoms with E-state index in [4.69, 9.17) is 0 Å². The van der Waals surface area contributed by atoms with Crippen molar-refractivity contribution in [2.45, 2.75) is 31.8 Å². The highest BCUT2D eigenvalue weighted by Gasteiger charge is 2.24. The van der Waals surface area contributed by atoms with Gasteiger partial charge in [0.05, 0.1) is 0 Å². The number of piperidine rings is 1. The maximum Gasteiger partial charge on any atom is 0.0475 e. The molecule has 1 aromatic rings. The molecule has 1 saturated heterocycles. The predicted octanol–water partition coefficient (Wildman–Crippen LogP) is 2.09. The van der Waals surface area contributed by atoms with Crippen LogP contribution in [0.1, 0.15) is 31.4 Å². The average Bonchev–Trinajstić information content (AvgIpc) is 2.31. The third kappa shape index (κ3) is 2.58. The van der Waals surface area contributed by atoms with E-state index in [9.17, 15) is 0 Å². The van der Waals surface area contributed by atoms with Crippen molar-refractivity contribution in [1.82, 2.24) is 10.6 Å². The Labute approximate surface area is 92.1 Å². The van der Waals surface area contributed by atoms with Crippen LogP contribution in [0.3, 0.4) is 0 Å². The van der Waals surface area contributed by atoms with Gasteiger partial charge in [-0.3, -0.25) is 0 Å². The molecule has 1 heterocycles. The summed E-state index contributed by atoms with van der Waals surface area (Å²) in [6, 6.07) is 11.8. The Morgan fingerprint density at radius 2 is 2.13 bits per heavy atom. The lowest BCUT2D eigenvalue weighted by molar-refractivity contribution is 0.310. The summed E-state index contributed by atoms with van der Waals surface area (Å²) in [6.45, 7) is 4.37. The van der Waals surface area contributed by atoms with E-state index in [2.05, 4.69) is 47.9 Å². The van der Waals surface area contributed by atoms with Gasteiger partial charge in [-0.1, -0.05) is 37.3 Å². The second kappa shape index (κ2) is 5.29. The summed E-state index contributed by atoms with van der Waals surface area (Å²) in [4.78, 5) is 0. The molecule has 0 spiro atoms. The third-order valence-corrected chi connectivity index (χ3v) is 3.08. The molecule has 1 aromatic carbocycles. The molecule has 1 aliphatic heterocycles. The van der Waals surface area contributed by atoms with E-state index in [1.807, 2.05) is 0 Å². The number of benzene rings is 1. The standard InChI is InChI=1S/C13H20N2/c1-2-14-12-9-6-10-15-13(12)11-7-4-3-5-8-11/h3-5,7-8,12-15H,2,6,9-10H2,1H3. The molecule has 0 amide bonds. The van der Waals surface area contributed by atoms with Crippen molar-refractivity contribution < 1.29 is 0 Å². The van der Waals surface area contributed by atoms with Gasteiger partial charge in [0, 0.05) is 12.1 Å². The number of hydrogen-bond donors (Lipinski definition) is 2. The minimum Gasteiger partial charge on any atom is -0.312 e. The van der Waals surface area contributed by atoms with Gasteiger partial charge in [-0.05, 0) is 31.5 Å². The largest absolute Gasteiger partial charge is 0.312 e. The molecule has 2 unspecified atom stereocenters. The minimum atomic E-state index is 0.486. The van der Waals surface area contributed by atoms with Gasteiger partial charge in [0.15, 0.2) is 0 Å². The van der Waals surface area contributed by atoms with Crippen LogP contribution >= 0.6 is 0 Å². The summed E-state index contributed by atoms with van der Waals surface area (Å²) < 4.78 is 0. The molecular weight excluding hydrogens is 184 g/mol. The lowest BCUT2D eigenvalue weighted by Crippen LogP contribution is -2.45. The Balaban J connectivity index is 2.11. The molecule has 0 saturated carbocycles. The molecule has 0 radical (unpaired) electrons. The third-order valence-electron chi connectivity index (χ3n) is 3.08. The van der Waals surface area contributed by atoms with Crippen LogP contribution < -0.4 is 10.6 Å². The van der Waals surface area contributed by atoms with Gasteiger partial charge < -0.3 is 10.6 Å². The molecule has 15 heavy (non-hydrogen) atoms. The summed E-state index contributed by atoms with van der Waals surface area (Å²) in [6.07, 6.45) is 2.56. The van der Waals surface area contributed by atoms with Crippen molar-refractivity contribution in [3.8, 4) is 0 Å². The Bertz CT molecular complexity index is 282. The van der Waals surface area contributed by atoms with Gasteiger partial charge in [0.2, 0.25) is 0 Å². The van der Waals surface area contributed by atoms with Gasteiger partial charge in [0.25, 0.3) is 0 Å². The molecule has 2 atom stereocenters. The van der Waals surface area contributed by atoms with Crippen LogP contribution in [-0.2, 0) is 0 Å². The minimum absolute atomic E-state index is 0.486. The molecule has 82 valence electrons. The summed E-state index contributed by atoms with van der Waals surface area (Å²) in [5.74, 6) is 0. The van der Waals surface area contributed by atoms with Crippen molar-refractivity contribution >= 4 is 0 Å². The monoisotopic (exact) mass is 204 g/mol. The van der Waals surface area contributed by atoms with Crippen LogP contribution in [0.25, 0.3) is 0 Å². The zero-order valence-corrected chi connectivity index (χ0v) is 9.37. The lowest BCUT2D eigenvalue weighted by Gasteiger charge is -2.33. The van der Waals surface area contributed by atoms with E-state index in [1.54, 1.807) is 0 Å². The smallest absolute Gasteiger partial charge is 0.0475 e. The predicted molar refractivity (Wildman–Crippen MR) is 63.9 cm³/mol. The summed E-state index contributed by atoms with van der Waals surface area (Å²) in [5, 5.41) is 7.18. The first kappa shape index (κ1) is 10.7. The van der Waals surface area contributed by atoms with E-state index in [-0.39, 0.29) is 0 Å². The maximum atomic E-state index is 3.61. The van der Waals surface area contributed by atoms with Gasteiger partial charge in [-0.15, -0.1) is 0 Å². The maximum absolute atomic E-state index is 3.61. The highest BCUT2D eigenvalue weighted by molar-refractivity contribution is 5.21. The van der Waals surface area contributed by atoms with Crippen molar-refractivity contribution in [2.24, 2.45) is 0 Å². The fraction of sp³-hybridized carbons (Fsp3) is 0.538. The first-order chi connectivity index (χ1) is 7.42. The van der Waals surface area contributed by atoms with E-state index in [0.717, 1.165) is 13.1 Å². The number of nitrogens with one attached hydrogen (secondary N) is 2. The van der Waals surface area contributed by atoms with E-state index in [0.29, 0.717) is 12.1 Å². The fourth-order valence-electron chi connectivity index (χ4n) is 2.38. The lowest BCUT2D eigenvalue weighted by atomic mass is 9.92. The number of rotatable bonds is 3. The van der Waals surface area contributed by atoms with Crippen LogP contribution in [0, 0.1) is 0 Å². The Morgan fingerprint density at radius 1 is 1.33 bits per heavy atom. The van der Waals surface area contributed by atoms with Gasteiger partial charge >= 0.3 is 0 Å². The second-order valence-corrected chi connectivity index (χ2v) is 4.15. The molecule has 2 heteroatoms. The molecule has 0 bridgehead atoms. The second-order valence-electron chi connectivity index (χ2n) is 4.15. The summed E-state index contributed by atoms with van der Waals surface area (Å²) >= 11 is 0. The first-order valence-electron chi connectivity index (χ1n) is 5.93. The normalized spacial score (nSPS) is 26.5. The molecule has 2 rings (SSSR count). The van der Waals surface area contributed by atoms with Crippen LogP contribution in [0.2, 0.25) is 0 Å². The van der Waals surface area contributed by atoms with E-state index < -0.39 is 0 Å². The fourth-order valence-corrected chi connectivity index (χ4v) is 2.38. The van der Waals surface area contributed by atoms with Crippen molar-refractivity contribution in [3.63, 3.8) is 0 Å². The van der Waals surface area contributed by atoms with Crippen LogP contribution in [-0.4, -0.2) is 19.1 Å². The van der Waals surface area contributed by atoms with Gasteiger partial charge in [-0.2, -0.15) is 0 Å². The van der Waals surface area contributed by atoms with Crippen LogP contribution in [0.4, 0.5) is 0 Å². The Kier molecular flexibility index (Phi) is 3.75. The SMILES string of the molecule is CCNC1CCCNC1c1ccccc1. The highest BCUT2D eigenvalue weighted by Crippen LogP contribution is 2.23. The molecule has 1 fully saturated rings. The molecule has 0 aliphatic carbocycles. The topological polar surface area (TPSA) is 24.1 Å². The average molecular weight is 204 g/mol. The van der Waals surface area contributed by atoms with Crippen molar-refractivity contribution in [1.29, 1.82) is 0 Å². The summed E-state index contributed by atoms with van der Waals surface area (Å²) in [7, 11) is 0. The van der Waals surface area contributed by atoms with E-state index in [1.165, 1.54) is 18.4 Å². The van der Waals surface area contributed by atoms with Gasteiger partial charge in [0.1, 0.15) is 0 Å². The van der Waals surface area contributed by atoms with Crippen LogP contribution in [0.15, 0.2) is 30.3 Å². The molecule has 2 nitrogen and oxygen atoms in total. The van der Waals surface area contributed by atoms with Crippen LogP contribution in [0.5, 0.6) is 0 Å².